The fourth-order valence-electron chi connectivity index (χ4n) is 2.89. The largest absolute Gasteiger partial charge is 0.317 e. The van der Waals surface area contributed by atoms with Crippen molar-refractivity contribution in [3.63, 3.8) is 0 Å². The van der Waals surface area contributed by atoms with Gasteiger partial charge in [-0.3, -0.25) is 0 Å². The number of fused-ring (bicyclic) bond motifs is 2. The zero-order valence-electron chi connectivity index (χ0n) is 8.68. The van der Waals surface area contributed by atoms with Gasteiger partial charge < -0.3 is 10.6 Å². The molecule has 0 spiro atoms. The van der Waals surface area contributed by atoms with Gasteiger partial charge in [0.05, 0.1) is 0 Å². The van der Waals surface area contributed by atoms with Crippen LogP contribution in [0.2, 0.25) is 0 Å². The summed E-state index contributed by atoms with van der Waals surface area (Å²) < 4.78 is 0. The van der Waals surface area contributed by atoms with Crippen LogP contribution >= 0.6 is 0 Å². The van der Waals surface area contributed by atoms with Gasteiger partial charge in [-0.2, -0.15) is 0 Å². The molecule has 2 rings (SSSR count). The summed E-state index contributed by atoms with van der Waals surface area (Å²) in [5.74, 6) is 0.998. The highest BCUT2D eigenvalue weighted by atomic mass is 15.0. The second-order valence-electron chi connectivity index (χ2n) is 4.62. The quantitative estimate of drug-likeness (QED) is 0.644. The lowest BCUT2D eigenvalue weighted by molar-refractivity contribution is 0.284. The van der Waals surface area contributed by atoms with Crippen molar-refractivity contribution in [3.8, 4) is 0 Å². The first-order valence-electron chi connectivity index (χ1n) is 5.85. The van der Waals surface area contributed by atoms with Crippen LogP contribution < -0.4 is 10.6 Å². The molecule has 2 heteroatoms. The van der Waals surface area contributed by atoms with Gasteiger partial charge in [-0.1, -0.05) is 6.92 Å². The molecule has 2 N–H and O–H groups in total. The maximum atomic E-state index is 3.69. The van der Waals surface area contributed by atoms with Gasteiger partial charge in [-0.05, 0) is 51.1 Å². The molecule has 2 bridgehead atoms. The Labute approximate surface area is 81.5 Å². The predicted octanol–water partition coefficient (Wildman–Crippen LogP) is 1.52. The van der Waals surface area contributed by atoms with E-state index >= 15 is 0 Å². The minimum absolute atomic E-state index is 0.866. The second kappa shape index (κ2) is 4.43. The first-order valence-corrected chi connectivity index (χ1v) is 5.85. The summed E-state index contributed by atoms with van der Waals surface area (Å²) in [5, 5.41) is 7.12. The maximum Gasteiger partial charge on any atom is 0.00728 e. The summed E-state index contributed by atoms with van der Waals surface area (Å²) in [4.78, 5) is 0. The van der Waals surface area contributed by atoms with Crippen molar-refractivity contribution in [2.24, 2.45) is 5.92 Å². The molecule has 2 saturated heterocycles. The highest BCUT2D eigenvalue weighted by Crippen LogP contribution is 2.32. The first-order chi connectivity index (χ1) is 6.38. The van der Waals surface area contributed by atoms with Crippen molar-refractivity contribution < 1.29 is 0 Å². The molecule has 2 nitrogen and oxygen atoms in total. The SMILES string of the molecule is CCNCCC1CC2CCC(C1)N2. The summed E-state index contributed by atoms with van der Waals surface area (Å²) in [6, 6.07) is 1.73. The van der Waals surface area contributed by atoms with E-state index in [1.54, 1.807) is 0 Å². The van der Waals surface area contributed by atoms with Crippen LogP contribution in [0.4, 0.5) is 0 Å². The molecule has 0 aromatic heterocycles. The smallest absolute Gasteiger partial charge is 0.00728 e. The predicted molar refractivity (Wildman–Crippen MR) is 55.8 cm³/mol. The average Bonchev–Trinajstić information content (AvgIpc) is 2.46. The van der Waals surface area contributed by atoms with E-state index in [1.165, 1.54) is 38.6 Å². The number of hydrogen-bond donors (Lipinski definition) is 2. The molecule has 0 radical (unpaired) electrons. The third kappa shape index (κ3) is 2.44. The lowest BCUT2D eigenvalue weighted by Gasteiger charge is -2.29. The third-order valence-corrected chi connectivity index (χ3v) is 3.55. The minimum atomic E-state index is 0.866. The first kappa shape index (κ1) is 9.47. The Bertz CT molecular complexity index is 146. The molecule has 2 aliphatic heterocycles. The van der Waals surface area contributed by atoms with Crippen LogP contribution in [0.3, 0.4) is 0 Å². The number of hydrogen-bond acceptors (Lipinski definition) is 2. The minimum Gasteiger partial charge on any atom is -0.317 e. The standard InChI is InChI=1S/C11H22N2/c1-2-12-6-5-9-7-10-3-4-11(8-9)13-10/h9-13H,2-8H2,1H3. The number of piperidine rings is 1. The Morgan fingerprint density at radius 1 is 1.23 bits per heavy atom. The van der Waals surface area contributed by atoms with E-state index in [9.17, 15) is 0 Å². The Morgan fingerprint density at radius 2 is 1.92 bits per heavy atom. The van der Waals surface area contributed by atoms with Gasteiger partial charge in [-0.25, -0.2) is 0 Å². The third-order valence-electron chi connectivity index (χ3n) is 3.55. The number of nitrogens with one attached hydrogen (secondary N) is 2. The second-order valence-corrected chi connectivity index (χ2v) is 4.62. The van der Waals surface area contributed by atoms with Crippen molar-refractivity contribution in [2.45, 2.75) is 51.1 Å². The maximum absolute atomic E-state index is 3.69. The summed E-state index contributed by atoms with van der Waals surface area (Å²) in [6.45, 7) is 4.53. The molecule has 0 saturated carbocycles. The number of rotatable bonds is 4. The van der Waals surface area contributed by atoms with Crippen LogP contribution in [-0.4, -0.2) is 25.2 Å². The van der Waals surface area contributed by atoms with Crippen molar-refractivity contribution in [1.29, 1.82) is 0 Å². The van der Waals surface area contributed by atoms with E-state index in [-0.39, 0.29) is 0 Å². The molecule has 2 fully saturated rings. The van der Waals surface area contributed by atoms with Crippen LogP contribution in [0.5, 0.6) is 0 Å². The molecule has 2 atom stereocenters. The summed E-state index contributed by atoms with van der Waals surface area (Å²) in [7, 11) is 0. The van der Waals surface area contributed by atoms with Crippen molar-refractivity contribution >= 4 is 0 Å². The van der Waals surface area contributed by atoms with Crippen molar-refractivity contribution in [1.82, 2.24) is 10.6 Å². The molecule has 0 aliphatic carbocycles. The van der Waals surface area contributed by atoms with Gasteiger partial charge in [0.25, 0.3) is 0 Å². The van der Waals surface area contributed by atoms with Crippen LogP contribution in [0.25, 0.3) is 0 Å². The van der Waals surface area contributed by atoms with Crippen LogP contribution in [0.1, 0.15) is 39.0 Å². The van der Waals surface area contributed by atoms with Crippen molar-refractivity contribution in [2.75, 3.05) is 13.1 Å². The van der Waals surface area contributed by atoms with Crippen LogP contribution in [0, 0.1) is 5.92 Å². The van der Waals surface area contributed by atoms with E-state index in [4.69, 9.17) is 0 Å². The summed E-state index contributed by atoms with van der Waals surface area (Å²) in [6.07, 6.45) is 7.12. The normalized spacial score (nSPS) is 38.1. The van der Waals surface area contributed by atoms with E-state index < -0.39 is 0 Å². The molecule has 2 aliphatic rings. The van der Waals surface area contributed by atoms with Crippen LogP contribution in [-0.2, 0) is 0 Å². The molecule has 0 amide bonds. The average molecular weight is 182 g/mol. The Morgan fingerprint density at radius 3 is 2.54 bits per heavy atom. The molecule has 13 heavy (non-hydrogen) atoms. The zero-order valence-corrected chi connectivity index (χ0v) is 8.68. The summed E-state index contributed by atoms with van der Waals surface area (Å²) in [5.41, 5.74) is 0. The van der Waals surface area contributed by atoms with Gasteiger partial charge in [0, 0.05) is 12.1 Å². The molecular weight excluding hydrogens is 160 g/mol. The van der Waals surface area contributed by atoms with Gasteiger partial charge in [-0.15, -0.1) is 0 Å². The van der Waals surface area contributed by atoms with Gasteiger partial charge in [0.1, 0.15) is 0 Å². The molecule has 76 valence electrons. The highest BCUT2D eigenvalue weighted by Gasteiger charge is 2.32. The van der Waals surface area contributed by atoms with E-state index in [0.29, 0.717) is 0 Å². The lowest BCUT2D eigenvalue weighted by Crippen LogP contribution is -2.38. The molecule has 2 unspecified atom stereocenters. The van der Waals surface area contributed by atoms with E-state index in [2.05, 4.69) is 17.6 Å². The molecular formula is C11H22N2. The Hall–Kier alpha value is -0.0800. The van der Waals surface area contributed by atoms with Crippen molar-refractivity contribution in [3.05, 3.63) is 0 Å². The van der Waals surface area contributed by atoms with Gasteiger partial charge in [0.15, 0.2) is 0 Å². The molecule has 0 aromatic rings. The lowest BCUT2D eigenvalue weighted by atomic mass is 9.90. The zero-order chi connectivity index (χ0) is 9.10. The van der Waals surface area contributed by atoms with E-state index in [1.807, 2.05) is 0 Å². The molecule has 2 heterocycles. The van der Waals surface area contributed by atoms with Crippen LogP contribution in [0.15, 0.2) is 0 Å². The highest BCUT2D eigenvalue weighted by molar-refractivity contribution is 4.91. The Kier molecular flexibility index (Phi) is 3.23. The monoisotopic (exact) mass is 182 g/mol. The van der Waals surface area contributed by atoms with Gasteiger partial charge >= 0.3 is 0 Å². The topological polar surface area (TPSA) is 24.1 Å². The summed E-state index contributed by atoms with van der Waals surface area (Å²) >= 11 is 0. The fraction of sp³-hybridized carbons (Fsp3) is 1.00. The Balaban J connectivity index is 1.69. The fourth-order valence-corrected chi connectivity index (χ4v) is 2.89. The van der Waals surface area contributed by atoms with E-state index in [0.717, 1.165) is 24.5 Å². The van der Waals surface area contributed by atoms with Gasteiger partial charge in [0.2, 0.25) is 0 Å². The molecule has 0 aromatic carbocycles.